The van der Waals surface area contributed by atoms with E-state index in [1.807, 2.05) is 20.8 Å². The summed E-state index contributed by atoms with van der Waals surface area (Å²) in [5, 5.41) is 0. The summed E-state index contributed by atoms with van der Waals surface area (Å²) in [5.74, 6) is -0.382. The van der Waals surface area contributed by atoms with Gasteiger partial charge in [-0.2, -0.15) is 0 Å². The number of hydrogen-bond acceptors (Lipinski definition) is 4. The van der Waals surface area contributed by atoms with Gasteiger partial charge in [0.15, 0.2) is 0 Å². The van der Waals surface area contributed by atoms with Crippen molar-refractivity contribution in [3.63, 3.8) is 0 Å². The third-order valence-electron chi connectivity index (χ3n) is 1.93. The summed E-state index contributed by atoms with van der Waals surface area (Å²) >= 11 is 0. The number of rotatable bonds is 2. The standard InChI is InChI=1S/C13H18N2O2/c1-13(2,3)17-12(16)7-5-9-4-6-10(14)11(15)8-9/h4-8H,14-15H2,1-3H3. The Kier molecular flexibility index (Phi) is 3.78. The quantitative estimate of drug-likeness (QED) is 0.467. The predicted octanol–water partition coefficient (Wildman–Crippen LogP) is 2.21. The molecule has 0 saturated carbocycles. The molecule has 4 heteroatoms. The third-order valence-corrected chi connectivity index (χ3v) is 1.93. The zero-order chi connectivity index (χ0) is 13.1. The maximum Gasteiger partial charge on any atom is 0.331 e. The fourth-order valence-electron chi connectivity index (χ4n) is 1.20. The average Bonchev–Trinajstić information content (AvgIpc) is 2.17. The summed E-state index contributed by atoms with van der Waals surface area (Å²) in [4.78, 5) is 11.4. The Morgan fingerprint density at radius 2 is 1.88 bits per heavy atom. The van der Waals surface area contributed by atoms with Gasteiger partial charge in [-0.1, -0.05) is 6.07 Å². The van der Waals surface area contributed by atoms with Crippen molar-refractivity contribution in [2.45, 2.75) is 26.4 Å². The minimum Gasteiger partial charge on any atom is -0.457 e. The highest BCUT2D eigenvalue weighted by atomic mass is 16.6. The first-order valence-electron chi connectivity index (χ1n) is 5.34. The van der Waals surface area contributed by atoms with Gasteiger partial charge in [0.25, 0.3) is 0 Å². The van der Waals surface area contributed by atoms with Crippen LogP contribution in [-0.4, -0.2) is 11.6 Å². The maximum absolute atomic E-state index is 11.4. The first-order valence-corrected chi connectivity index (χ1v) is 5.34. The van der Waals surface area contributed by atoms with E-state index in [1.165, 1.54) is 6.08 Å². The van der Waals surface area contributed by atoms with E-state index in [-0.39, 0.29) is 5.97 Å². The highest BCUT2D eigenvalue weighted by molar-refractivity contribution is 5.87. The second-order valence-electron chi connectivity index (χ2n) is 4.76. The highest BCUT2D eigenvalue weighted by Crippen LogP contribution is 2.17. The number of anilines is 2. The van der Waals surface area contributed by atoms with Crippen molar-refractivity contribution in [2.24, 2.45) is 0 Å². The molecule has 0 aliphatic carbocycles. The van der Waals surface area contributed by atoms with E-state index in [1.54, 1.807) is 24.3 Å². The molecule has 0 saturated heterocycles. The highest BCUT2D eigenvalue weighted by Gasteiger charge is 2.13. The van der Waals surface area contributed by atoms with Gasteiger partial charge < -0.3 is 16.2 Å². The number of carbonyl (C=O) groups is 1. The molecule has 0 atom stereocenters. The van der Waals surface area contributed by atoms with Crippen LogP contribution in [0.25, 0.3) is 6.08 Å². The molecular formula is C13H18N2O2. The summed E-state index contributed by atoms with van der Waals surface area (Å²) < 4.78 is 5.13. The van der Waals surface area contributed by atoms with Crippen molar-refractivity contribution in [1.82, 2.24) is 0 Å². The minimum absolute atomic E-state index is 0.382. The molecule has 4 N–H and O–H groups in total. The van der Waals surface area contributed by atoms with Gasteiger partial charge in [-0.05, 0) is 44.5 Å². The number of benzene rings is 1. The Bertz CT molecular complexity index is 445. The monoisotopic (exact) mass is 234 g/mol. The van der Waals surface area contributed by atoms with Gasteiger partial charge >= 0.3 is 5.97 Å². The molecule has 0 fully saturated rings. The van der Waals surface area contributed by atoms with Crippen molar-refractivity contribution in [1.29, 1.82) is 0 Å². The third kappa shape index (κ3) is 4.59. The molecular weight excluding hydrogens is 216 g/mol. The van der Waals surface area contributed by atoms with Gasteiger partial charge in [0, 0.05) is 6.08 Å². The first-order chi connectivity index (χ1) is 7.78. The normalized spacial score (nSPS) is 11.7. The van der Waals surface area contributed by atoms with Crippen LogP contribution in [-0.2, 0) is 9.53 Å². The molecule has 1 aromatic rings. The smallest absolute Gasteiger partial charge is 0.331 e. The molecule has 0 aromatic heterocycles. The van der Waals surface area contributed by atoms with E-state index in [2.05, 4.69) is 0 Å². The SMILES string of the molecule is CC(C)(C)OC(=O)C=Cc1ccc(N)c(N)c1. The van der Waals surface area contributed by atoms with Gasteiger partial charge in [0.1, 0.15) is 5.60 Å². The number of ether oxygens (including phenoxy) is 1. The zero-order valence-corrected chi connectivity index (χ0v) is 10.4. The summed E-state index contributed by atoms with van der Waals surface area (Å²) in [6.07, 6.45) is 3.01. The Morgan fingerprint density at radius 1 is 1.24 bits per heavy atom. The lowest BCUT2D eigenvalue weighted by Crippen LogP contribution is -2.22. The van der Waals surface area contributed by atoms with Gasteiger partial charge in [-0.3, -0.25) is 0 Å². The summed E-state index contributed by atoms with van der Waals surface area (Å²) in [6.45, 7) is 5.46. The first kappa shape index (κ1) is 13.1. The largest absolute Gasteiger partial charge is 0.457 e. The summed E-state index contributed by atoms with van der Waals surface area (Å²) in [6, 6.07) is 5.19. The van der Waals surface area contributed by atoms with E-state index in [0.717, 1.165) is 5.56 Å². The lowest BCUT2D eigenvalue weighted by atomic mass is 10.1. The second kappa shape index (κ2) is 4.91. The molecule has 0 spiro atoms. The van der Waals surface area contributed by atoms with Crippen LogP contribution in [0.5, 0.6) is 0 Å². The number of esters is 1. The van der Waals surface area contributed by atoms with Crippen LogP contribution in [0.15, 0.2) is 24.3 Å². The average molecular weight is 234 g/mol. The van der Waals surface area contributed by atoms with Crippen molar-refractivity contribution in [2.75, 3.05) is 11.5 Å². The van der Waals surface area contributed by atoms with Crippen LogP contribution >= 0.6 is 0 Å². The fourth-order valence-corrected chi connectivity index (χ4v) is 1.20. The van der Waals surface area contributed by atoms with Gasteiger partial charge in [0.2, 0.25) is 0 Å². The molecule has 0 bridgehead atoms. The predicted molar refractivity (Wildman–Crippen MR) is 70.1 cm³/mol. The Hall–Kier alpha value is -1.97. The van der Waals surface area contributed by atoms with Crippen LogP contribution in [0.3, 0.4) is 0 Å². The van der Waals surface area contributed by atoms with Crippen molar-refractivity contribution < 1.29 is 9.53 Å². The molecule has 0 amide bonds. The van der Waals surface area contributed by atoms with E-state index in [4.69, 9.17) is 16.2 Å². The topological polar surface area (TPSA) is 78.3 Å². The lowest BCUT2D eigenvalue weighted by molar-refractivity contribution is -0.148. The number of nitrogen functional groups attached to an aromatic ring is 2. The molecule has 4 nitrogen and oxygen atoms in total. The molecule has 92 valence electrons. The van der Waals surface area contributed by atoms with Gasteiger partial charge in [0.05, 0.1) is 11.4 Å². The van der Waals surface area contributed by atoms with Crippen LogP contribution in [0.1, 0.15) is 26.3 Å². The number of hydrogen-bond donors (Lipinski definition) is 2. The van der Waals surface area contributed by atoms with E-state index in [9.17, 15) is 4.79 Å². The molecule has 1 rings (SSSR count). The number of nitrogens with two attached hydrogens (primary N) is 2. The van der Waals surface area contributed by atoms with E-state index < -0.39 is 5.60 Å². The van der Waals surface area contributed by atoms with Gasteiger partial charge in [-0.25, -0.2) is 4.79 Å². The molecule has 0 heterocycles. The Balaban J connectivity index is 2.71. The maximum atomic E-state index is 11.4. The molecule has 0 aliphatic rings. The zero-order valence-electron chi connectivity index (χ0n) is 10.4. The van der Waals surface area contributed by atoms with Crippen LogP contribution in [0, 0.1) is 0 Å². The molecule has 0 radical (unpaired) electrons. The van der Waals surface area contributed by atoms with E-state index in [0.29, 0.717) is 11.4 Å². The van der Waals surface area contributed by atoms with E-state index >= 15 is 0 Å². The fraction of sp³-hybridized carbons (Fsp3) is 0.308. The summed E-state index contributed by atoms with van der Waals surface area (Å²) in [7, 11) is 0. The van der Waals surface area contributed by atoms with Crippen molar-refractivity contribution >= 4 is 23.4 Å². The van der Waals surface area contributed by atoms with Crippen LogP contribution < -0.4 is 11.5 Å². The number of carbonyl (C=O) groups excluding carboxylic acids is 1. The molecule has 1 aromatic carbocycles. The van der Waals surface area contributed by atoms with Gasteiger partial charge in [-0.15, -0.1) is 0 Å². The minimum atomic E-state index is -0.485. The van der Waals surface area contributed by atoms with Crippen LogP contribution in [0.4, 0.5) is 11.4 Å². The van der Waals surface area contributed by atoms with Crippen molar-refractivity contribution in [3.8, 4) is 0 Å². The molecule has 0 aliphatic heterocycles. The molecule has 17 heavy (non-hydrogen) atoms. The lowest BCUT2D eigenvalue weighted by Gasteiger charge is -2.17. The van der Waals surface area contributed by atoms with Crippen LogP contribution in [0.2, 0.25) is 0 Å². The molecule has 0 unspecified atom stereocenters. The Labute approximate surface area is 101 Å². The summed E-state index contributed by atoms with van der Waals surface area (Å²) in [5.41, 5.74) is 12.6. The van der Waals surface area contributed by atoms with Crippen molar-refractivity contribution in [3.05, 3.63) is 29.8 Å². The second-order valence-corrected chi connectivity index (χ2v) is 4.76. The Morgan fingerprint density at radius 3 is 2.41 bits per heavy atom.